The number of hydroxylamine groups is 2. The molecule has 0 aliphatic carbocycles. The molecule has 2 aliphatic heterocycles. The number of fused-ring (bicyclic) bond motifs is 1. The second-order valence-electron chi connectivity index (χ2n) is 5.60. The zero-order valence-corrected chi connectivity index (χ0v) is 14.4. The summed E-state index contributed by atoms with van der Waals surface area (Å²) < 4.78 is 38.0. The molecule has 0 radical (unpaired) electrons. The van der Waals surface area contributed by atoms with Crippen molar-refractivity contribution in [3.05, 3.63) is 18.2 Å². The van der Waals surface area contributed by atoms with Crippen LogP contribution in [-0.4, -0.2) is 63.7 Å². The third-order valence-corrected chi connectivity index (χ3v) is 6.10. The second-order valence-corrected chi connectivity index (χ2v) is 7.49. The maximum Gasteiger partial charge on any atom is 0.264 e. The minimum atomic E-state index is -3.81. The van der Waals surface area contributed by atoms with Gasteiger partial charge in [0.25, 0.3) is 5.91 Å². The first-order valence-electron chi connectivity index (χ1n) is 7.68. The molecule has 0 unspecified atom stereocenters. The SMILES string of the molecule is CON(C)C(=O)[C@@H]1CCCN1S(=O)(=O)c1ccc2c(c1)OCCO2. The number of benzene rings is 1. The van der Waals surface area contributed by atoms with Crippen LogP contribution < -0.4 is 9.47 Å². The predicted octanol–water partition coefficient (Wildman–Crippen LogP) is 0.631. The van der Waals surface area contributed by atoms with Crippen LogP contribution in [0.2, 0.25) is 0 Å². The van der Waals surface area contributed by atoms with Gasteiger partial charge in [-0.1, -0.05) is 0 Å². The maximum atomic E-state index is 13.0. The van der Waals surface area contributed by atoms with Gasteiger partial charge in [0.2, 0.25) is 10.0 Å². The lowest BCUT2D eigenvalue weighted by molar-refractivity contribution is -0.172. The number of amides is 1. The Bertz CT molecular complexity index is 735. The van der Waals surface area contributed by atoms with Crippen LogP contribution in [0.1, 0.15) is 12.8 Å². The Hall–Kier alpha value is -1.84. The zero-order valence-electron chi connectivity index (χ0n) is 13.6. The largest absolute Gasteiger partial charge is 0.486 e. The van der Waals surface area contributed by atoms with E-state index < -0.39 is 16.1 Å². The monoisotopic (exact) mass is 356 g/mol. The van der Waals surface area contributed by atoms with E-state index in [1.165, 1.54) is 30.6 Å². The van der Waals surface area contributed by atoms with Crippen LogP contribution in [0.4, 0.5) is 0 Å². The Morgan fingerprint density at radius 2 is 2.00 bits per heavy atom. The Labute approximate surface area is 140 Å². The number of hydrogen-bond acceptors (Lipinski definition) is 6. The van der Waals surface area contributed by atoms with Crippen LogP contribution in [0.25, 0.3) is 0 Å². The van der Waals surface area contributed by atoms with Crippen LogP contribution in [0.3, 0.4) is 0 Å². The van der Waals surface area contributed by atoms with Crippen molar-refractivity contribution in [2.75, 3.05) is 33.9 Å². The van der Waals surface area contributed by atoms with Gasteiger partial charge in [-0.15, -0.1) is 0 Å². The topological polar surface area (TPSA) is 85.4 Å². The fourth-order valence-corrected chi connectivity index (χ4v) is 4.56. The fourth-order valence-electron chi connectivity index (χ4n) is 2.89. The average molecular weight is 356 g/mol. The molecular formula is C15H20N2O6S. The summed E-state index contributed by atoms with van der Waals surface area (Å²) in [4.78, 5) is 17.3. The van der Waals surface area contributed by atoms with Gasteiger partial charge in [-0.3, -0.25) is 9.63 Å². The van der Waals surface area contributed by atoms with E-state index in [1.54, 1.807) is 6.07 Å². The summed E-state index contributed by atoms with van der Waals surface area (Å²) in [5.41, 5.74) is 0. The van der Waals surface area contributed by atoms with Gasteiger partial charge in [-0.2, -0.15) is 4.31 Å². The van der Waals surface area contributed by atoms with Crippen LogP contribution in [0.15, 0.2) is 23.1 Å². The maximum absolute atomic E-state index is 13.0. The third-order valence-electron chi connectivity index (χ3n) is 4.19. The van der Waals surface area contributed by atoms with Crippen molar-refractivity contribution in [2.24, 2.45) is 0 Å². The second kappa shape index (κ2) is 6.58. The predicted molar refractivity (Wildman–Crippen MR) is 84.1 cm³/mol. The van der Waals surface area contributed by atoms with Crippen molar-refractivity contribution in [3.63, 3.8) is 0 Å². The number of nitrogens with zero attached hydrogens (tertiary/aromatic N) is 2. The summed E-state index contributed by atoms with van der Waals surface area (Å²) in [6, 6.07) is 3.75. The quantitative estimate of drug-likeness (QED) is 0.736. The van der Waals surface area contributed by atoms with Gasteiger partial charge in [-0.25, -0.2) is 13.5 Å². The highest BCUT2D eigenvalue weighted by Gasteiger charge is 2.41. The van der Waals surface area contributed by atoms with Crippen LogP contribution in [0, 0.1) is 0 Å². The van der Waals surface area contributed by atoms with Gasteiger partial charge in [0.15, 0.2) is 11.5 Å². The Balaban J connectivity index is 1.90. The minimum absolute atomic E-state index is 0.0894. The lowest BCUT2D eigenvalue weighted by Crippen LogP contribution is -2.46. The fraction of sp³-hybridized carbons (Fsp3) is 0.533. The highest BCUT2D eigenvalue weighted by molar-refractivity contribution is 7.89. The minimum Gasteiger partial charge on any atom is -0.486 e. The number of likely N-dealkylation sites (N-methyl/N-ethyl adjacent to an activating group) is 1. The molecule has 1 fully saturated rings. The summed E-state index contributed by atoms with van der Waals surface area (Å²) >= 11 is 0. The molecule has 2 aliphatic rings. The lowest BCUT2D eigenvalue weighted by Gasteiger charge is -2.26. The molecule has 8 nitrogen and oxygen atoms in total. The van der Waals surface area contributed by atoms with E-state index in [0.29, 0.717) is 44.1 Å². The number of ether oxygens (including phenoxy) is 2. The van der Waals surface area contributed by atoms with Crippen LogP contribution in [-0.2, 0) is 19.7 Å². The number of rotatable bonds is 4. The number of hydrogen-bond donors (Lipinski definition) is 0. The highest BCUT2D eigenvalue weighted by Crippen LogP contribution is 2.35. The first-order chi connectivity index (χ1) is 11.4. The molecule has 1 aromatic carbocycles. The van der Waals surface area contributed by atoms with E-state index in [0.717, 1.165) is 5.06 Å². The number of sulfonamides is 1. The highest BCUT2D eigenvalue weighted by atomic mass is 32.2. The van der Waals surface area contributed by atoms with Gasteiger partial charge in [-0.05, 0) is 25.0 Å². The van der Waals surface area contributed by atoms with E-state index in [9.17, 15) is 13.2 Å². The standard InChI is InChI=1S/C15H20N2O6S/c1-16(21-2)15(18)12-4-3-7-17(12)24(19,20)11-5-6-13-14(10-11)23-9-8-22-13/h5-6,10,12H,3-4,7-9H2,1-2H3/t12-/m0/s1. The van der Waals surface area contributed by atoms with Gasteiger partial charge in [0.1, 0.15) is 19.3 Å². The van der Waals surface area contributed by atoms with E-state index in [-0.39, 0.29) is 10.8 Å². The van der Waals surface area contributed by atoms with Crippen molar-refractivity contribution in [1.29, 1.82) is 0 Å². The first kappa shape index (κ1) is 17.0. The number of carbonyl (C=O) groups is 1. The van der Waals surface area contributed by atoms with Crippen molar-refractivity contribution >= 4 is 15.9 Å². The molecule has 1 atom stereocenters. The van der Waals surface area contributed by atoms with Gasteiger partial charge in [0.05, 0.1) is 12.0 Å². The molecule has 0 bridgehead atoms. The van der Waals surface area contributed by atoms with Gasteiger partial charge in [0, 0.05) is 19.7 Å². The molecule has 1 aromatic rings. The lowest BCUT2D eigenvalue weighted by atomic mass is 10.2. The first-order valence-corrected chi connectivity index (χ1v) is 9.12. The summed E-state index contributed by atoms with van der Waals surface area (Å²) in [7, 11) is -0.978. The molecule has 0 spiro atoms. The smallest absolute Gasteiger partial charge is 0.264 e. The Morgan fingerprint density at radius 1 is 1.29 bits per heavy atom. The third kappa shape index (κ3) is 2.94. The van der Waals surface area contributed by atoms with E-state index in [1.807, 2.05) is 0 Å². The zero-order chi connectivity index (χ0) is 17.3. The Kier molecular flexibility index (Phi) is 4.66. The van der Waals surface area contributed by atoms with Crippen molar-refractivity contribution in [1.82, 2.24) is 9.37 Å². The van der Waals surface area contributed by atoms with E-state index in [4.69, 9.17) is 14.3 Å². The molecule has 1 amide bonds. The molecule has 0 saturated carbocycles. The molecule has 0 N–H and O–H groups in total. The molecular weight excluding hydrogens is 336 g/mol. The molecule has 1 saturated heterocycles. The van der Waals surface area contributed by atoms with E-state index in [2.05, 4.69) is 0 Å². The average Bonchev–Trinajstić information content (AvgIpc) is 3.10. The van der Waals surface area contributed by atoms with Crippen LogP contribution >= 0.6 is 0 Å². The number of carbonyl (C=O) groups excluding carboxylic acids is 1. The molecule has 9 heteroatoms. The van der Waals surface area contributed by atoms with Crippen molar-refractivity contribution in [3.8, 4) is 11.5 Å². The van der Waals surface area contributed by atoms with Crippen molar-refractivity contribution < 1.29 is 27.5 Å². The summed E-state index contributed by atoms with van der Waals surface area (Å²) in [6.07, 6.45) is 1.09. The molecule has 2 heterocycles. The van der Waals surface area contributed by atoms with Gasteiger partial charge >= 0.3 is 0 Å². The summed E-state index contributed by atoms with van der Waals surface area (Å²) in [6.45, 7) is 1.11. The van der Waals surface area contributed by atoms with E-state index >= 15 is 0 Å². The molecule has 132 valence electrons. The molecule has 0 aromatic heterocycles. The normalized spacial score (nSPS) is 20.8. The molecule has 3 rings (SSSR count). The van der Waals surface area contributed by atoms with Crippen LogP contribution in [0.5, 0.6) is 11.5 Å². The molecule has 24 heavy (non-hydrogen) atoms. The Morgan fingerprint density at radius 3 is 2.71 bits per heavy atom. The van der Waals surface area contributed by atoms with Gasteiger partial charge < -0.3 is 9.47 Å². The summed E-state index contributed by atoms with van der Waals surface area (Å²) in [5.74, 6) is 0.544. The van der Waals surface area contributed by atoms with Crippen molar-refractivity contribution in [2.45, 2.75) is 23.8 Å². The summed E-state index contributed by atoms with van der Waals surface area (Å²) in [5, 5.41) is 1.06.